The lowest BCUT2D eigenvalue weighted by Crippen LogP contribution is -2.23. The predicted octanol–water partition coefficient (Wildman–Crippen LogP) is 4.52. The summed E-state index contributed by atoms with van der Waals surface area (Å²) in [5, 5.41) is 2.93. The van der Waals surface area contributed by atoms with Crippen LogP contribution in [-0.4, -0.2) is 10.9 Å². The zero-order valence-electron chi connectivity index (χ0n) is 15.5. The van der Waals surface area contributed by atoms with Crippen LogP contribution >= 0.6 is 0 Å². The molecule has 2 aromatic carbocycles. The molecule has 0 fully saturated rings. The lowest BCUT2D eigenvalue weighted by molar-refractivity contribution is -0.121. The molecule has 0 bridgehead atoms. The Kier molecular flexibility index (Phi) is 5.52. The molecular formula is C22H24N2O2. The van der Waals surface area contributed by atoms with Gasteiger partial charge in [-0.2, -0.15) is 0 Å². The molecule has 0 spiro atoms. The Hall–Kier alpha value is -2.88. The summed E-state index contributed by atoms with van der Waals surface area (Å²) in [6.07, 6.45) is 2.58. The van der Waals surface area contributed by atoms with E-state index in [0.29, 0.717) is 25.3 Å². The van der Waals surface area contributed by atoms with Gasteiger partial charge in [-0.3, -0.25) is 4.79 Å². The standard InChI is InChI=1S/C22H24N2O2/c1-15-4-7-18(8-5-15)13-23-21(25)10-11-22-24-14-20(26-22)19-9-6-16(2)17(3)12-19/h4-9,12,14H,10-11,13H2,1-3H3,(H,23,25). The topological polar surface area (TPSA) is 55.1 Å². The third-order valence-corrected chi connectivity index (χ3v) is 4.52. The van der Waals surface area contributed by atoms with Crippen LogP contribution in [0.15, 0.2) is 53.1 Å². The summed E-state index contributed by atoms with van der Waals surface area (Å²) in [5.74, 6) is 1.32. The molecule has 1 heterocycles. The number of nitrogens with zero attached hydrogens (tertiary/aromatic N) is 1. The van der Waals surface area contributed by atoms with Gasteiger partial charge < -0.3 is 9.73 Å². The zero-order valence-corrected chi connectivity index (χ0v) is 15.5. The fraction of sp³-hybridized carbons (Fsp3) is 0.273. The summed E-state index contributed by atoms with van der Waals surface area (Å²) in [7, 11) is 0. The summed E-state index contributed by atoms with van der Waals surface area (Å²) >= 11 is 0. The summed E-state index contributed by atoms with van der Waals surface area (Å²) in [4.78, 5) is 16.3. The van der Waals surface area contributed by atoms with Crippen molar-refractivity contribution in [2.45, 2.75) is 40.2 Å². The number of amides is 1. The van der Waals surface area contributed by atoms with Crippen molar-refractivity contribution in [1.29, 1.82) is 0 Å². The summed E-state index contributed by atoms with van der Waals surface area (Å²) < 4.78 is 5.80. The minimum absolute atomic E-state index is 0.00324. The van der Waals surface area contributed by atoms with Gasteiger partial charge in [0, 0.05) is 24.9 Å². The Morgan fingerprint density at radius 2 is 1.81 bits per heavy atom. The highest BCUT2D eigenvalue weighted by molar-refractivity contribution is 5.76. The maximum absolute atomic E-state index is 12.0. The van der Waals surface area contributed by atoms with Crippen molar-refractivity contribution in [3.05, 3.63) is 76.8 Å². The lowest BCUT2D eigenvalue weighted by atomic mass is 10.1. The Labute approximate surface area is 154 Å². The first kappa shape index (κ1) is 17.9. The fourth-order valence-corrected chi connectivity index (χ4v) is 2.67. The molecule has 0 radical (unpaired) electrons. The van der Waals surface area contributed by atoms with Crippen LogP contribution in [0.5, 0.6) is 0 Å². The zero-order chi connectivity index (χ0) is 18.5. The van der Waals surface area contributed by atoms with E-state index in [-0.39, 0.29) is 5.91 Å². The first-order chi connectivity index (χ1) is 12.5. The quantitative estimate of drug-likeness (QED) is 0.713. The number of carbonyl (C=O) groups excluding carboxylic acids is 1. The lowest BCUT2D eigenvalue weighted by Gasteiger charge is -2.05. The van der Waals surface area contributed by atoms with Crippen LogP contribution < -0.4 is 5.32 Å². The monoisotopic (exact) mass is 348 g/mol. The van der Waals surface area contributed by atoms with E-state index in [2.05, 4.69) is 36.3 Å². The van der Waals surface area contributed by atoms with Crippen LogP contribution in [0.25, 0.3) is 11.3 Å². The first-order valence-electron chi connectivity index (χ1n) is 8.86. The number of oxazole rings is 1. The number of aryl methyl sites for hydroxylation is 4. The molecule has 0 aliphatic heterocycles. The molecule has 0 aliphatic rings. The van der Waals surface area contributed by atoms with Crippen molar-refractivity contribution < 1.29 is 9.21 Å². The minimum Gasteiger partial charge on any atom is -0.441 e. The van der Waals surface area contributed by atoms with E-state index < -0.39 is 0 Å². The second kappa shape index (κ2) is 8.00. The van der Waals surface area contributed by atoms with Crippen LogP contribution in [0.1, 0.15) is 34.6 Å². The maximum Gasteiger partial charge on any atom is 0.220 e. The average Bonchev–Trinajstić information content (AvgIpc) is 3.11. The van der Waals surface area contributed by atoms with E-state index >= 15 is 0 Å². The number of rotatable bonds is 6. The van der Waals surface area contributed by atoms with Crippen LogP contribution in [0, 0.1) is 20.8 Å². The number of hydrogen-bond donors (Lipinski definition) is 1. The molecular weight excluding hydrogens is 324 g/mol. The predicted molar refractivity (Wildman–Crippen MR) is 103 cm³/mol. The van der Waals surface area contributed by atoms with Crippen LogP contribution in [0.2, 0.25) is 0 Å². The van der Waals surface area contributed by atoms with E-state index in [4.69, 9.17) is 4.42 Å². The normalized spacial score (nSPS) is 10.7. The first-order valence-corrected chi connectivity index (χ1v) is 8.86. The number of nitrogens with one attached hydrogen (secondary N) is 1. The number of aromatic nitrogens is 1. The molecule has 4 heteroatoms. The van der Waals surface area contributed by atoms with Crippen molar-refractivity contribution in [3.63, 3.8) is 0 Å². The van der Waals surface area contributed by atoms with Gasteiger partial charge in [-0.15, -0.1) is 0 Å². The van der Waals surface area contributed by atoms with Crippen molar-refractivity contribution in [2.24, 2.45) is 0 Å². The van der Waals surface area contributed by atoms with Gasteiger partial charge in [0.05, 0.1) is 6.20 Å². The highest BCUT2D eigenvalue weighted by atomic mass is 16.4. The molecule has 1 N–H and O–H groups in total. The number of benzene rings is 2. The van der Waals surface area contributed by atoms with Gasteiger partial charge >= 0.3 is 0 Å². The molecule has 134 valence electrons. The van der Waals surface area contributed by atoms with Gasteiger partial charge in [0.15, 0.2) is 11.7 Å². The Morgan fingerprint density at radius 1 is 1.04 bits per heavy atom. The van der Waals surface area contributed by atoms with Gasteiger partial charge in [-0.05, 0) is 43.5 Å². The van der Waals surface area contributed by atoms with E-state index in [9.17, 15) is 4.79 Å². The van der Waals surface area contributed by atoms with E-state index in [1.54, 1.807) is 6.20 Å². The molecule has 0 atom stereocenters. The molecule has 0 aliphatic carbocycles. The van der Waals surface area contributed by atoms with Crippen LogP contribution in [0.3, 0.4) is 0 Å². The fourth-order valence-electron chi connectivity index (χ4n) is 2.67. The van der Waals surface area contributed by atoms with Gasteiger partial charge in [0.25, 0.3) is 0 Å². The van der Waals surface area contributed by atoms with Gasteiger partial charge in [-0.25, -0.2) is 4.98 Å². The molecule has 1 amide bonds. The molecule has 3 rings (SSSR count). The van der Waals surface area contributed by atoms with Crippen LogP contribution in [-0.2, 0) is 17.8 Å². The van der Waals surface area contributed by atoms with Crippen molar-refractivity contribution in [1.82, 2.24) is 10.3 Å². The van der Waals surface area contributed by atoms with Crippen molar-refractivity contribution >= 4 is 5.91 Å². The molecule has 0 saturated heterocycles. The average molecular weight is 348 g/mol. The minimum atomic E-state index is -0.00324. The third kappa shape index (κ3) is 4.60. The number of hydrogen-bond acceptors (Lipinski definition) is 3. The Balaban J connectivity index is 1.51. The van der Waals surface area contributed by atoms with E-state index in [1.165, 1.54) is 16.7 Å². The summed E-state index contributed by atoms with van der Waals surface area (Å²) in [6.45, 7) is 6.75. The highest BCUT2D eigenvalue weighted by Crippen LogP contribution is 2.23. The van der Waals surface area contributed by atoms with Crippen molar-refractivity contribution in [3.8, 4) is 11.3 Å². The van der Waals surface area contributed by atoms with E-state index in [0.717, 1.165) is 16.9 Å². The smallest absolute Gasteiger partial charge is 0.220 e. The third-order valence-electron chi connectivity index (χ3n) is 4.52. The van der Waals surface area contributed by atoms with Crippen LogP contribution in [0.4, 0.5) is 0 Å². The summed E-state index contributed by atoms with van der Waals surface area (Å²) in [5.41, 5.74) is 5.78. The molecule has 1 aromatic heterocycles. The van der Waals surface area contributed by atoms with E-state index in [1.807, 2.05) is 37.3 Å². The van der Waals surface area contributed by atoms with Gasteiger partial charge in [0.1, 0.15) is 0 Å². The Bertz CT molecular complexity index is 895. The van der Waals surface area contributed by atoms with Crippen molar-refractivity contribution in [2.75, 3.05) is 0 Å². The molecule has 0 saturated carbocycles. The molecule has 3 aromatic rings. The largest absolute Gasteiger partial charge is 0.441 e. The van der Waals surface area contributed by atoms with Gasteiger partial charge in [0.2, 0.25) is 5.91 Å². The number of carbonyl (C=O) groups is 1. The summed E-state index contributed by atoms with van der Waals surface area (Å²) in [6, 6.07) is 14.3. The SMILES string of the molecule is Cc1ccc(CNC(=O)CCc2ncc(-c3ccc(C)c(C)c3)o2)cc1. The molecule has 26 heavy (non-hydrogen) atoms. The second-order valence-corrected chi connectivity index (χ2v) is 6.68. The maximum atomic E-state index is 12.0. The highest BCUT2D eigenvalue weighted by Gasteiger charge is 2.09. The Morgan fingerprint density at radius 3 is 2.54 bits per heavy atom. The molecule has 0 unspecified atom stereocenters. The molecule has 4 nitrogen and oxygen atoms in total. The van der Waals surface area contributed by atoms with Gasteiger partial charge in [-0.1, -0.05) is 42.0 Å². The second-order valence-electron chi connectivity index (χ2n) is 6.68.